The summed E-state index contributed by atoms with van der Waals surface area (Å²) in [6, 6.07) is 3.53. The van der Waals surface area contributed by atoms with Gasteiger partial charge in [0.15, 0.2) is 0 Å². The fourth-order valence-corrected chi connectivity index (χ4v) is 1.33. The van der Waals surface area contributed by atoms with E-state index in [-0.39, 0.29) is 6.09 Å². The minimum Gasteiger partial charge on any atom is -0.448 e. The van der Waals surface area contributed by atoms with Gasteiger partial charge in [0.1, 0.15) is 6.61 Å². The number of cyclic esters (lactones) is 1. The number of amides is 1. The normalized spacial score (nSPS) is 15.7. The van der Waals surface area contributed by atoms with Crippen molar-refractivity contribution in [1.82, 2.24) is 9.88 Å². The number of anilines is 1. The van der Waals surface area contributed by atoms with Crippen LogP contribution in [0.1, 0.15) is 5.69 Å². The van der Waals surface area contributed by atoms with E-state index in [0.717, 1.165) is 0 Å². The first-order chi connectivity index (χ1) is 6.77. The number of hydrogen-bond donors (Lipinski definition) is 1. The molecule has 0 radical (unpaired) electrons. The number of rotatable bonds is 2. The second-order valence-electron chi connectivity index (χ2n) is 3.08. The molecule has 1 saturated heterocycles. The van der Waals surface area contributed by atoms with Gasteiger partial charge in [0.05, 0.1) is 24.5 Å². The van der Waals surface area contributed by atoms with Gasteiger partial charge < -0.3 is 10.5 Å². The molecule has 0 unspecified atom stereocenters. The Morgan fingerprint density at radius 3 is 3.14 bits per heavy atom. The molecule has 0 spiro atoms. The number of hydrogen-bond acceptors (Lipinski definition) is 4. The van der Waals surface area contributed by atoms with Gasteiger partial charge in [-0.2, -0.15) is 0 Å². The highest BCUT2D eigenvalue weighted by atomic mass is 16.6. The summed E-state index contributed by atoms with van der Waals surface area (Å²) in [5.74, 6) is 0. The molecule has 2 heterocycles. The van der Waals surface area contributed by atoms with Crippen molar-refractivity contribution in [3.8, 4) is 0 Å². The van der Waals surface area contributed by atoms with Crippen LogP contribution in [0, 0.1) is 0 Å². The molecule has 1 aromatic heterocycles. The Morgan fingerprint density at radius 1 is 1.64 bits per heavy atom. The second kappa shape index (κ2) is 3.53. The molecule has 14 heavy (non-hydrogen) atoms. The summed E-state index contributed by atoms with van der Waals surface area (Å²) in [6.45, 7) is 1.48. The van der Waals surface area contributed by atoms with Crippen molar-refractivity contribution < 1.29 is 9.53 Å². The number of aromatic nitrogens is 1. The lowest BCUT2D eigenvalue weighted by molar-refractivity contribution is 0.157. The molecule has 1 aliphatic heterocycles. The molecule has 74 valence electrons. The first kappa shape index (κ1) is 8.80. The lowest BCUT2D eigenvalue weighted by Gasteiger charge is -2.12. The summed E-state index contributed by atoms with van der Waals surface area (Å²) in [7, 11) is 0. The predicted molar refractivity (Wildman–Crippen MR) is 50.4 cm³/mol. The second-order valence-corrected chi connectivity index (χ2v) is 3.08. The quantitative estimate of drug-likeness (QED) is 0.747. The topological polar surface area (TPSA) is 68.4 Å². The SMILES string of the molecule is Nc1cccnc1CN1CCOC1=O. The Kier molecular flexibility index (Phi) is 2.22. The molecule has 2 N–H and O–H groups in total. The van der Waals surface area contributed by atoms with E-state index in [1.165, 1.54) is 0 Å². The average molecular weight is 193 g/mol. The smallest absolute Gasteiger partial charge is 0.410 e. The maximum Gasteiger partial charge on any atom is 0.410 e. The van der Waals surface area contributed by atoms with Gasteiger partial charge in [-0.15, -0.1) is 0 Å². The van der Waals surface area contributed by atoms with E-state index < -0.39 is 0 Å². The Balaban J connectivity index is 2.10. The van der Waals surface area contributed by atoms with Crippen LogP contribution in [0.4, 0.5) is 10.5 Å². The average Bonchev–Trinajstić information content (AvgIpc) is 2.56. The number of pyridine rings is 1. The number of carbonyl (C=O) groups excluding carboxylic acids is 1. The Hall–Kier alpha value is -1.78. The van der Waals surface area contributed by atoms with E-state index in [4.69, 9.17) is 10.5 Å². The molecule has 5 heteroatoms. The van der Waals surface area contributed by atoms with Crippen molar-refractivity contribution in [2.45, 2.75) is 6.54 Å². The molecule has 1 amide bonds. The van der Waals surface area contributed by atoms with E-state index in [9.17, 15) is 4.79 Å². The van der Waals surface area contributed by atoms with Crippen molar-refractivity contribution in [1.29, 1.82) is 0 Å². The Bertz CT molecular complexity index is 354. The molecule has 0 atom stereocenters. The number of carbonyl (C=O) groups is 1. The van der Waals surface area contributed by atoms with Crippen LogP contribution in [-0.2, 0) is 11.3 Å². The van der Waals surface area contributed by atoms with Crippen LogP contribution in [0.2, 0.25) is 0 Å². The molecule has 0 saturated carbocycles. The molecule has 5 nitrogen and oxygen atoms in total. The molecule has 2 rings (SSSR count). The van der Waals surface area contributed by atoms with E-state index in [2.05, 4.69) is 4.98 Å². The lowest BCUT2D eigenvalue weighted by atomic mass is 10.3. The van der Waals surface area contributed by atoms with Crippen LogP contribution >= 0.6 is 0 Å². The molecule has 0 bridgehead atoms. The molecule has 0 aliphatic carbocycles. The maximum atomic E-state index is 11.1. The van der Waals surface area contributed by atoms with Crippen LogP contribution in [0.15, 0.2) is 18.3 Å². The first-order valence-corrected chi connectivity index (χ1v) is 4.38. The van der Waals surface area contributed by atoms with E-state index in [1.807, 2.05) is 0 Å². The molecule has 0 aromatic carbocycles. The van der Waals surface area contributed by atoms with Crippen molar-refractivity contribution in [2.24, 2.45) is 0 Å². The molecule has 1 fully saturated rings. The summed E-state index contributed by atoms with van der Waals surface area (Å²) in [6.07, 6.45) is 1.36. The third-order valence-corrected chi connectivity index (χ3v) is 2.11. The van der Waals surface area contributed by atoms with Gasteiger partial charge in [-0.1, -0.05) is 0 Å². The van der Waals surface area contributed by atoms with Crippen LogP contribution in [0.3, 0.4) is 0 Å². The van der Waals surface area contributed by atoms with Crippen molar-refractivity contribution in [3.05, 3.63) is 24.0 Å². The zero-order chi connectivity index (χ0) is 9.97. The van der Waals surface area contributed by atoms with Crippen LogP contribution in [-0.4, -0.2) is 29.1 Å². The zero-order valence-corrected chi connectivity index (χ0v) is 7.64. The van der Waals surface area contributed by atoms with Crippen molar-refractivity contribution in [2.75, 3.05) is 18.9 Å². The Morgan fingerprint density at radius 2 is 2.50 bits per heavy atom. The summed E-state index contributed by atoms with van der Waals surface area (Å²) in [5, 5.41) is 0. The number of ether oxygens (including phenoxy) is 1. The van der Waals surface area contributed by atoms with Gasteiger partial charge in [-0.25, -0.2) is 4.79 Å². The molecular weight excluding hydrogens is 182 g/mol. The fraction of sp³-hybridized carbons (Fsp3) is 0.333. The highest BCUT2D eigenvalue weighted by Gasteiger charge is 2.22. The third kappa shape index (κ3) is 1.61. The van der Waals surface area contributed by atoms with E-state index >= 15 is 0 Å². The zero-order valence-electron chi connectivity index (χ0n) is 7.64. The summed E-state index contributed by atoms with van der Waals surface area (Å²) < 4.78 is 4.80. The van der Waals surface area contributed by atoms with Gasteiger partial charge in [0.25, 0.3) is 0 Å². The first-order valence-electron chi connectivity index (χ1n) is 4.38. The highest BCUT2D eigenvalue weighted by molar-refractivity contribution is 5.69. The monoisotopic (exact) mass is 193 g/mol. The minimum absolute atomic E-state index is 0.296. The predicted octanol–water partition coefficient (Wildman–Crippen LogP) is 0.616. The minimum atomic E-state index is -0.296. The third-order valence-electron chi connectivity index (χ3n) is 2.11. The molecule has 1 aliphatic rings. The van der Waals surface area contributed by atoms with Crippen LogP contribution < -0.4 is 5.73 Å². The molecule has 1 aromatic rings. The van der Waals surface area contributed by atoms with Crippen LogP contribution in [0.25, 0.3) is 0 Å². The van der Waals surface area contributed by atoms with Gasteiger partial charge in [-0.05, 0) is 12.1 Å². The molecular formula is C9H11N3O2. The number of nitrogens with zero attached hydrogens (tertiary/aromatic N) is 2. The van der Waals surface area contributed by atoms with Gasteiger partial charge >= 0.3 is 6.09 Å². The van der Waals surface area contributed by atoms with Gasteiger partial charge in [-0.3, -0.25) is 9.88 Å². The fourth-order valence-electron chi connectivity index (χ4n) is 1.33. The standard InChI is InChI=1S/C9H11N3O2/c10-7-2-1-3-11-8(7)6-12-4-5-14-9(12)13/h1-3H,4-6,10H2. The van der Waals surface area contributed by atoms with Gasteiger partial charge in [0.2, 0.25) is 0 Å². The summed E-state index contributed by atoms with van der Waals surface area (Å²) >= 11 is 0. The van der Waals surface area contributed by atoms with Crippen molar-refractivity contribution in [3.63, 3.8) is 0 Å². The van der Waals surface area contributed by atoms with Crippen LogP contribution in [0.5, 0.6) is 0 Å². The highest BCUT2D eigenvalue weighted by Crippen LogP contribution is 2.13. The van der Waals surface area contributed by atoms with E-state index in [0.29, 0.717) is 31.1 Å². The maximum absolute atomic E-state index is 11.1. The van der Waals surface area contributed by atoms with E-state index in [1.54, 1.807) is 23.2 Å². The van der Waals surface area contributed by atoms with Gasteiger partial charge in [0, 0.05) is 6.20 Å². The largest absolute Gasteiger partial charge is 0.448 e. The van der Waals surface area contributed by atoms with Crippen molar-refractivity contribution >= 4 is 11.8 Å². The summed E-state index contributed by atoms with van der Waals surface area (Å²) in [4.78, 5) is 16.8. The number of nitrogen functional groups attached to an aromatic ring is 1. The Labute approximate surface area is 81.5 Å². The lowest BCUT2D eigenvalue weighted by Crippen LogP contribution is -2.24. The number of nitrogens with two attached hydrogens (primary N) is 1. The summed E-state index contributed by atoms with van der Waals surface area (Å²) in [5.41, 5.74) is 7.02.